The summed E-state index contributed by atoms with van der Waals surface area (Å²) in [7, 11) is 0. The molecule has 1 aromatic carbocycles. The molecule has 0 atom stereocenters. The fourth-order valence-electron chi connectivity index (χ4n) is 1.19. The minimum Gasteiger partial charge on any atom is -0.494 e. The Bertz CT molecular complexity index is 301. The standard InChI is InChI=1S/C13H21NO2/c1-13(2,3)16-10-4-9-15-12-7-5-11(14)6-8-12/h5-8H,4,9-10,14H2,1-3H3. The van der Waals surface area contributed by atoms with E-state index in [1.54, 1.807) is 0 Å². The third kappa shape index (κ3) is 5.61. The van der Waals surface area contributed by atoms with Gasteiger partial charge in [-0.15, -0.1) is 0 Å². The molecule has 0 unspecified atom stereocenters. The van der Waals surface area contributed by atoms with Crippen LogP contribution in [0.25, 0.3) is 0 Å². The van der Waals surface area contributed by atoms with Gasteiger partial charge in [-0.2, -0.15) is 0 Å². The Hall–Kier alpha value is -1.22. The summed E-state index contributed by atoms with van der Waals surface area (Å²) in [6.07, 6.45) is 0.891. The highest BCUT2D eigenvalue weighted by Gasteiger charge is 2.08. The lowest BCUT2D eigenvalue weighted by Gasteiger charge is -2.19. The topological polar surface area (TPSA) is 44.5 Å². The summed E-state index contributed by atoms with van der Waals surface area (Å²) in [5.74, 6) is 0.852. The number of hydrogen-bond donors (Lipinski definition) is 1. The molecule has 0 saturated carbocycles. The molecule has 0 aliphatic rings. The second kappa shape index (κ2) is 5.75. The number of hydrogen-bond acceptors (Lipinski definition) is 3. The predicted octanol–water partition coefficient (Wildman–Crippen LogP) is 2.85. The van der Waals surface area contributed by atoms with Gasteiger partial charge >= 0.3 is 0 Å². The van der Waals surface area contributed by atoms with Crippen LogP contribution in [0.3, 0.4) is 0 Å². The largest absolute Gasteiger partial charge is 0.494 e. The van der Waals surface area contributed by atoms with Gasteiger partial charge in [0.15, 0.2) is 0 Å². The molecule has 0 heterocycles. The highest BCUT2D eigenvalue weighted by atomic mass is 16.5. The van der Waals surface area contributed by atoms with E-state index >= 15 is 0 Å². The van der Waals surface area contributed by atoms with Gasteiger partial charge < -0.3 is 15.2 Å². The molecule has 2 N–H and O–H groups in total. The summed E-state index contributed by atoms with van der Waals surface area (Å²) in [6, 6.07) is 7.42. The van der Waals surface area contributed by atoms with Crippen LogP contribution in [0.5, 0.6) is 5.75 Å². The van der Waals surface area contributed by atoms with Crippen LogP contribution in [0.4, 0.5) is 5.69 Å². The molecule has 0 radical (unpaired) electrons. The fourth-order valence-corrected chi connectivity index (χ4v) is 1.19. The predicted molar refractivity (Wildman–Crippen MR) is 66.7 cm³/mol. The van der Waals surface area contributed by atoms with E-state index < -0.39 is 0 Å². The van der Waals surface area contributed by atoms with Crippen LogP contribution < -0.4 is 10.5 Å². The summed E-state index contributed by atoms with van der Waals surface area (Å²) in [4.78, 5) is 0. The first-order chi connectivity index (χ1) is 7.47. The Morgan fingerprint density at radius 2 is 1.69 bits per heavy atom. The molecule has 0 spiro atoms. The van der Waals surface area contributed by atoms with Crippen molar-refractivity contribution in [3.8, 4) is 5.75 Å². The third-order valence-corrected chi connectivity index (χ3v) is 1.97. The SMILES string of the molecule is CC(C)(C)OCCCOc1ccc(N)cc1. The highest BCUT2D eigenvalue weighted by Crippen LogP contribution is 2.13. The highest BCUT2D eigenvalue weighted by molar-refractivity contribution is 5.41. The summed E-state index contributed by atoms with van der Waals surface area (Å²) < 4.78 is 11.1. The Morgan fingerprint density at radius 3 is 2.25 bits per heavy atom. The second-order valence-corrected chi connectivity index (χ2v) is 4.73. The molecule has 0 aliphatic carbocycles. The Balaban J connectivity index is 2.14. The first-order valence-electron chi connectivity index (χ1n) is 5.60. The van der Waals surface area contributed by atoms with E-state index in [-0.39, 0.29) is 5.60 Å². The van der Waals surface area contributed by atoms with Crippen molar-refractivity contribution in [2.24, 2.45) is 0 Å². The lowest BCUT2D eigenvalue weighted by Crippen LogP contribution is -2.20. The summed E-state index contributed by atoms with van der Waals surface area (Å²) in [5, 5.41) is 0. The number of ether oxygens (including phenoxy) is 2. The van der Waals surface area contributed by atoms with Gasteiger partial charge in [0, 0.05) is 12.1 Å². The van der Waals surface area contributed by atoms with Crippen LogP contribution in [0.1, 0.15) is 27.2 Å². The Kier molecular flexibility index (Phi) is 4.62. The molecule has 0 aromatic heterocycles. The first kappa shape index (κ1) is 12.8. The van der Waals surface area contributed by atoms with Gasteiger partial charge in [-0.1, -0.05) is 0 Å². The molecule has 1 rings (SSSR count). The molecular weight excluding hydrogens is 202 g/mol. The second-order valence-electron chi connectivity index (χ2n) is 4.73. The van der Waals surface area contributed by atoms with E-state index in [0.717, 1.165) is 24.5 Å². The van der Waals surface area contributed by atoms with Gasteiger partial charge in [0.05, 0.1) is 18.8 Å². The minimum atomic E-state index is -0.0683. The van der Waals surface area contributed by atoms with Crippen molar-refractivity contribution < 1.29 is 9.47 Å². The molecule has 0 saturated heterocycles. The van der Waals surface area contributed by atoms with Crippen molar-refractivity contribution in [1.29, 1.82) is 0 Å². The van der Waals surface area contributed by atoms with Crippen LogP contribution in [-0.2, 0) is 4.74 Å². The van der Waals surface area contributed by atoms with Crippen molar-refractivity contribution in [3.63, 3.8) is 0 Å². The van der Waals surface area contributed by atoms with Crippen LogP contribution in [0.15, 0.2) is 24.3 Å². The summed E-state index contributed by atoms with van der Waals surface area (Å²) in [5.41, 5.74) is 6.26. The zero-order chi connectivity index (χ0) is 12.0. The van der Waals surface area contributed by atoms with Crippen molar-refractivity contribution in [3.05, 3.63) is 24.3 Å². The third-order valence-electron chi connectivity index (χ3n) is 1.97. The molecule has 3 nitrogen and oxygen atoms in total. The van der Waals surface area contributed by atoms with Crippen molar-refractivity contribution in [2.75, 3.05) is 18.9 Å². The van der Waals surface area contributed by atoms with E-state index in [0.29, 0.717) is 6.61 Å². The zero-order valence-corrected chi connectivity index (χ0v) is 10.3. The van der Waals surface area contributed by atoms with Crippen LogP contribution in [0.2, 0.25) is 0 Å². The van der Waals surface area contributed by atoms with Crippen molar-refractivity contribution in [1.82, 2.24) is 0 Å². The molecule has 1 aromatic rings. The monoisotopic (exact) mass is 223 g/mol. The van der Waals surface area contributed by atoms with Crippen LogP contribution in [0, 0.1) is 0 Å². The smallest absolute Gasteiger partial charge is 0.119 e. The lowest BCUT2D eigenvalue weighted by molar-refractivity contribution is -0.00768. The van der Waals surface area contributed by atoms with Gasteiger partial charge in [-0.3, -0.25) is 0 Å². The van der Waals surface area contributed by atoms with E-state index in [9.17, 15) is 0 Å². The average Bonchev–Trinajstić information content (AvgIpc) is 2.19. The minimum absolute atomic E-state index is 0.0683. The molecule has 3 heteroatoms. The molecular formula is C13H21NO2. The van der Waals surface area contributed by atoms with Gasteiger partial charge in [0.25, 0.3) is 0 Å². The van der Waals surface area contributed by atoms with E-state index in [4.69, 9.17) is 15.2 Å². The maximum absolute atomic E-state index is 5.59. The maximum Gasteiger partial charge on any atom is 0.119 e. The Labute approximate surface area is 97.6 Å². The molecule has 16 heavy (non-hydrogen) atoms. The van der Waals surface area contributed by atoms with Crippen LogP contribution in [-0.4, -0.2) is 18.8 Å². The number of anilines is 1. The normalized spacial score (nSPS) is 11.4. The van der Waals surface area contributed by atoms with Crippen molar-refractivity contribution >= 4 is 5.69 Å². The van der Waals surface area contributed by atoms with Gasteiger partial charge in [-0.05, 0) is 45.0 Å². The number of benzene rings is 1. The van der Waals surface area contributed by atoms with Gasteiger partial charge in [0.1, 0.15) is 5.75 Å². The van der Waals surface area contributed by atoms with Crippen molar-refractivity contribution in [2.45, 2.75) is 32.8 Å². The number of nitrogens with two attached hydrogens (primary N) is 1. The van der Waals surface area contributed by atoms with Gasteiger partial charge in [-0.25, -0.2) is 0 Å². The Morgan fingerprint density at radius 1 is 1.06 bits per heavy atom. The first-order valence-corrected chi connectivity index (χ1v) is 5.60. The summed E-state index contributed by atoms with van der Waals surface area (Å²) in [6.45, 7) is 7.54. The maximum atomic E-state index is 5.59. The molecule has 0 bridgehead atoms. The van der Waals surface area contributed by atoms with E-state index in [1.165, 1.54) is 0 Å². The zero-order valence-electron chi connectivity index (χ0n) is 10.3. The molecule has 90 valence electrons. The quantitative estimate of drug-likeness (QED) is 0.616. The van der Waals surface area contributed by atoms with Gasteiger partial charge in [0.2, 0.25) is 0 Å². The van der Waals surface area contributed by atoms with E-state index in [2.05, 4.69) is 0 Å². The molecule has 0 amide bonds. The number of rotatable bonds is 5. The molecule has 0 fully saturated rings. The fraction of sp³-hybridized carbons (Fsp3) is 0.538. The lowest BCUT2D eigenvalue weighted by atomic mass is 10.2. The summed E-state index contributed by atoms with van der Waals surface area (Å²) >= 11 is 0. The number of nitrogen functional groups attached to an aromatic ring is 1. The molecule has 0 aliphatic heterocycles. The van der Waals surface area contributed by atoms with Crippen LogP contribution >= 0.6 is 0 Å². The average molecular weight is 223 g/mol. The van der Waals surface area contributed by atoms with E-state index in [1.807, 2.05) is 45.0 Å².